The zero-order valence-corrected chi connectivity index (χ0v) is 56.9. The van der Waals surface area contributed by atoms with Crippen LogP contribution in [-0.2, 0) is 94.3 Å². The number of Topliss-reactive ketones (excluding diaryl/α,β-unsaturated/α-hetero) is 2. The van der Waals surface area contributed by atoms with Crippen LogP contribution in [0.5, 0.6) is 23.0 Å². The van der Waals surface area contributed by atoms with Crippen molar-refractivity contribution in [2.24, 2.45) is 0 Å². The molecule has 14 heteroatoms. The summed E-state index contributed by atoms with van der Waals surface area (Å²) in [7, 11) is 0. The van der Waals surface area contributed by atoms with Crippen LogP contribution in [0.1, 0.15) is 250 Å². The molecule has 0 fully saturated rings. The van der Waals surface area contributed by atoms with Crippen molar-refractivity contribution in [1.82, 2.24) is 0 Å². The smallest absolute Gasteiger partial charge is 0.330 e. The molecule has 92 heavy (non-hydrogen) atoms. The minimum Gasteiger partial charge on any atom is -0.493 e. The van der Waals surface area contributed by atoms with Crippen molar-refractivity contribution in [1.29, 1.82) is 0 Å². The van der Waals surface area contributed by atoms with Gasteiger partial charge in [-0.1, -0.05) is 166 Å². The second kappa shape index (κ2) is 43.9. The highest BCUT2D eigenvalue weighted by atomic mass is 16.6. The number of unbranched alkanes of at least 4 members (excludes halogenated alkanes) is 12. The van der Waals surface area contributed by atoms with E-state index in [-0.39, 0.29) is 44.2 Å². The van der Waals surface area contributed by atoms with Gasteiger partial charge in [0.1, 0.15) is 47.4 Å². The van der Waals surface area contributed by atoms with Crippen molar-refractivity contribution in [3.63, 3.8) is 0 Å². The van der Waals surface area contributed by atoms with Crippen LogP contribution >= 0.6 is 0 Å². The van der Waals surface area contributed by atoms with Gasteiger partial charge in [0.05, 0.1) is 52.9 Å². The molecule has 4 aromatic rings. The van der Waals surface area contributed by atoms with Crippen molar-refractivity contribution in [2.45, 2.75) is 240 Å². The Hall–Kier alpha value is -6.77. The topological polar surface area (TPSA) is 179 Å². The Bertz CT molecular complexity index is 2940. The van der Waals surface area contributed by atoms with Gasteiger partial charge in [-0.15, -0.1) is 0 Å². The number of hydrogen-bond acceptors (Lipinski definition) is 14. The van der Waals surface area contributed by atoms with Crippen molar-refractivity contribution >= 4 is 29.5 Å². The van der Waals surface area contributed by atoms with Crippen molar-refractivity contribution in [3.8, 4) is 23.0 Å². The first-order valence-electron chi connectivity index (χ1n) is 34.8. The van der Waals surface area contributed by atoms with Crippen molar-refractivity contribution in [3.05, 3.63) is 141 Å². The van der Waals surface area contributed by atoms with Crippen LogP contribution in [0, 0.1) is 0 Å². The summed E-state index contributed by atoms with van der Waals surface area (Å²) in [5.41, 5.74) is 12.2. The summed E-state index contributed by atoms with van der Waals surface area (Å²) < 4.78 is 51.4. The molecule has 0 radical (unpaired) electrons. The van der Waals surface area contributed by atoms with E-state index < -0.39 is 24.2 Å². The molecule has 0 saturated heterocycles. The molecule has 1 aliphatic carbocycles. The van der Waals surface area contributed by atoms with Gasteiger partial charge in [0.15, 0.2) is 6.29 Å². The molecule has 0 heterocycles. The van der Waals surface area contributed by atoms with Crippen LogP contribution < -0.4 is 18.9 Å². The third-order valence-electron chi connectivity index (χ3n) is 16.4. The molecule has 0 aliphatic heterocycles. The number of aliphatic hydroxyl groups excluding tert-OH is 1. The molecule has 1 aliphatic rings. The summed E-state index contributed by atoms with van der Waals surface area (Å²) in [6, 6.07) is 18.1. The molecule has 14 nitrogen and oxygen atoms in total. The minimum atomic E-state index is -1.07. The van der Waals surface area contributed by atoms with Gasteiger partial charge in [0, 0.05) is 31.8 Å². The fourth-order valence-electron chi connectivity index (χ4n) is 11.8. The van der Waals surface area contributed by atoms with E-state index in [1.165, 1.54) is 26.0 Å². The number of rotatable bonds is 47. The van der Waals surface area contributed by atoms with Gasteiger partial charge < -0.3 is 43.0 Å². The molecule has 0 spiro atoms. The van der Waals surface area contributed by atoms with Gasteiger partial charge >= 0.3 is 17.9 Å². The Morgan fingerprint density at radius 3 is 0.913 bits per heavy atom. The number of fused-ring (bicyclic) bond motifs is 8. The van der Waals surface area contributed by atoms with Crippen LogP contribution in [0.25, 0.3) is 0 Å². The van der Waals surface area contributed by atoms with E-state index in [0.717, 1.165) is 192 Å². The van der Waals surface area contributed by atoms with Gasteiger partial charge in [-0.3, -0.25) is 19.2 Å². The number of aliphatic hydroxyl groups is 1. The fraction of sp³-hybridized carbons (Fsp3) is 0.577. The SMILES string of the molecule is C=CC(=O)OCCCc1cc2c(OCCCCCC)c(c1)Cc1cc(CCCOC(O)C=C)cc(c1OCCCCCC)Cc1cc(CCCOC(=O)CC(C)=O)cc(c1OCCCCCC)Cc1cc(CCCOC(=O)CC(C)=O)cc(c1OCCCCCC)C2. The summed E-state index contributed by atoms with van der Waals surface area (Å²) in [6.07, 6.45) is 23.9. The molecule has 0 aromatic heterocycles. The first-order chi connectivity index (χ1) is 44.7. The number of esters is 3. The summed E-state index contributed by atoms with van der Waals surface area (Å²) in [5, 5.41) is 10.3. The molecule has 5 rings (SSSR count). The van der Waals surface area contributed by atoms with Crippen molar-refractivity contribution in [2.75, 3.05) is 52.9 Å². The van der Waals surface area contributed by atoms with Crippen LogP contribution in [0.3, 0.4) is 0 Å². The number of benzene rings is 4. The van der Waals surface area contributed by atoms with Gasteiger partial charge in [-0.05, 0) is 164 Å². The first-order valence-corrected chi connectivity index (χ1v) is 34.8. The summed E-state index contributed by atoms with van der Waals surface area (Å²) >= 11 is 0. The molecular formula is C78H110O14. The molecular weight excluding hydrogens is 1160 g/mol. The fourth-order valence-corrected chi connectivity index (χ4v) is 11.8. The van der Waals surface area contributed by atoms with Crippen LogP contribution in [0.4, 0.5) is 0 Å². The van der Waals surface area contributed by atoms with Gasteiger partial charge in [0.2, 0.25) is 0 Å². The maximum absolute atomic E-state index is 12.7. The van der Waals surface area contributed by atoms with E-state index in [4.69, 9.17) is 37.9 Å². The predicted octanol–water partition coefficient (Wildman–Crippen LogP) is 16.2. The molecule has 8 bridgehead atoms. The zero-order chi connectivity index (χ0) is 66.3. The summed E-state index contributed by atoms with van der Waals surface area (Å²) in [4.78, 5) is 61.4. The van der Waals surface area contributed by atoms with Crippen LogP contribution in [-0.4, -0.2) is 93.7 Å². The second-order valence-electron chi connectivity index (χ2n) is 24.8. The van der Waals surface area contributed by atoms with E-state index in [2.05, 4.69) is 89.4 Å². The van der Waals surface area contributed by atoms with E-state index >= 15 is 0 Å². The number of aryl methyl sites for hydroxylation is 4. The molecule has 0 saturated carbocycles. The highest BCUT2D eigenvalue weighted by Crippen LogP contribution is 2.42. The highest BCUT2D eigenvalue weighted by molar-refractivity contribution is 5.94. The van der Waals surface area contributed by atoms with Crippen LogP contribution in [0.15, 0.2) is 73.8 Å². The van der Waals surface area contributed by atoms with Gasteiger partial charge in [-0.2, -0.15) is 0 Å². The lowest BCUT2D eigenvalue weighted by Gasteiger charge is -2.25. The number of ether oxygens (including phenoxy) is 8. The predicted molar refractivity (Wildman–Crippen MR) is 365 cm³/mol. The number of carbonyl (C=O) groups excluding carboxylic acids is 5. The third-order valence-corrected chi connectivity index (χ3v) is 16.4. The molecule has 506 valence electrons. The monoisotopic (exact) mass is 1270 g/mol. The quantitative estimate of drug-likeness (QED) is 0.00739. The summed E-state index contributed by atoms with van der Waals surface area (Å²) in [6.45, 7) is 21.9. The lowest BCUT2D eigenvalue weighted by atomic mass is 9.87. The maximum atomic E-state index is 12.7. The minimum absolute atomic E-state index is 0.153. The van der Waals surface area contributed by atoms with E-state index in [0.29, 0.717) is 110 Å². The number of ketones is 2. The standard InChI is InChI=1S/C78H110O14/c1-9-15-19-23-35-89-75-63-45-59(31-27-39-85-71(81)13-5)47-65(75)54-67-49-61(33-29-41-87-73(83)43-57(7)79)51-69(77(67)91-37-25-21-17-11-3)56-70-52-62(34-30-42-88-74(84)44-58(8)80)50-68(78(70)92-38-26-22-18-12-4)55-66-48-60(32-28-40-86-72(82)14-6)46-64(53-63)76(66)90-36-24-20-16-10-2/h13-14,45-52,71,81H,5-6,9-12,15-44,53-56H2,1-4,7-8H3. The molecule has 1 atom stereocenters. The lowest BCUT2D eigenvalue weighted by Crippen LogP contribution is -2.13. The van der Waals surface area contributed by atoms with E-state index in [9.17, 15) is 29.1 Å². The Balaban J connectivity index is 1.92. The average Bonchev–Trinajstić information content (AvgIpc) is 0.793. The molecule has 1 N–H and O–H groups in total. The Morgan fingerprint density at radius 1 is 0.391 bits per heavy atom. The average molecular weight is 1270 g/mol. The van der Waals surface area contributed by atoms with Gasteiger partial charge in [-0.25, -0.2) is 4.79 Å². The largest absolute Gasteiger partial charge is 0.493 e. The third kappa shape index (κ3) is 28.2. The first kappa shape index (κ1) is 75.9. The van der Waals surface area contributed by atoms with Crippen molar-refractivity contribution < 1.29 is 67.0 Å². The lowest BCUT2D eigenvalue weighted by molar-refractivity contribution is -0.147. The van der Waals surface area contributed by atoms with E-state index in [1.54, 1.807) is 0 Å². The molecule has 1 unspecified atom stereocenters. The normalized spacial score (nSPS) is 12.2. The second-order valence-corrected chi connectivity index (χ2v) is 24.8. The maximum Gasteiger partial charge on any atom is 0.330 e. The van der Waals surface area contributed by atoms with Gasteiger partial charge in [0.25, 0.3) is 0 Å². The molecule has 4 aromatic carbocycles. The number of hydrogen-bond donors (Lipinski definition) is 1. The Kier molecular flexibility index (Phi) is 36.3. The Labute approximate surface area is 550 Å². The summed E-state index contributed by atoms with van der Waals surface area (Å²) in [5.74, 6) is 1.24. The van der Waals surface area contributed by atoms with E-state index in [1.807, 2.05) is 0 Å². The Morgan fingerprint density at radius 2 is 0.663 bits per heavy atom. The number of carbonyl (C=O) groups is 5. The highest BCUT2D eigenvalue weighted by Gasteiger charge is 2.26. The molecule has 0 amide bonds. The van der Waals surface area contributed by atoms with Crippen LogP contribution in [0.2, 0.25) is 0 Å². The zero-order valence-electron chi connectivity index (χ0n) is 56.9.